The molecule has 2 aliphatic rings. The van der Waals surface area contributed by atoms with E-state index in [1.165, 1.54) is 21.9 Å². The molecule has 0 aromatic heterocycles. The Kier molecular flexibility index (Phi) is 2.74. The maximum atomic E-state index is 12.1. The summed E-state index contributed by atoms with van der Waals surface area (Å²) in [5.74, 6) is 1.14. The van der Waals surface area contributed by atoms with Gasteiger partial charge in [0.25, 0.3) is 0 Å². The van der Waals surface area contributed by atoms with Crippen molar-refractivity contribution in [3.05, 3.63) is 47.5 Å². The maximum absolute atomic E-state index is 12.1. The number of methoxy groups -OCH3 is 1. The molecule has 4 rings (SSSR count). The van der Waals surface area contributed by atoms with E-state index in [0.717, 1.165) is 30.8 Å². The number of rotatable bonds is 1. The number of nitrogens with zero attached hydrogens (tertiary/aromatic N) is 1. The van der Waals surface area contributed by atoms with Crippen LogP contribution in [0.5, 0.6) is 5.75 Å². The van der Waals surface area contributed by atoms with Crippen LogP contribution in [0.15, 0.2) is 36.4 Å². The Labute approximate surface area is 123 Å². The summed E-state index contributed by atoms with van der Waals surface area (Å²) in [5, 5.41) is 2.47. The number of hydrogen-bond donors (Lipinski definition) is 0. The van der Waals surface area contributed by atoms with Gasteiger partial charge in [0.1, 0.15) is 5.75 Å². The van der Waals surface area contributed by atoms with E-state index in [2.05, 4.69) is 30.3 Å². The second-order valence-corrected chi connectivity index (χ2v) is 5.60. The molecule has 2 aromatic rings. The molecule has 0 saturated carbocycles. The van der Waals surface area contributed by atoms with Gasteiger partial charge in [0, 0.05) is 24.2 Å². The lowest BCUT2D eigenvalue weighted by Gasteiger charge is -2.34. The van der Waals surface area contributed by atoms with Crippen LogP contribution in [0.4, 0.5) is 0 Å². The number of carbonyl (C=O) groups excluding carboxylic acids is 1. The molecule has 2 aliphatic heterocycles. The Morgan fingerprint density at radius 2 is 2.00 bits per heavy atom. The van der Waals surface area contributed by atoms with Gasteiger partial charge in [-0.1, -0.05) is 24.3 Å². The van der Waals surface area contributed by atoms with Gasteiger partial charge in [0.05, 0.1) is 7.11 Å². The van der Waals surface area contributed by atoms with E-state index >= 15 is 0 Å². The van der Waals surface area contributed by atoms with E-state index in [1.54, 1.807) is 7.11 Å². The molecule has 0 aliphatic carbocycles. The smallest absolute Gasteiger partial charge is 0.227 e. The second kappa shape index (κ2) is 4.62. The van der Waals surface area contributed by atoms with E-state index in [1.807, 2.05) is 11.0 Å². The summed E-state index contributed by atoms with van der Waals surface area (Å²) in [6.07, 6.45) is 4.59. The third-order valence-electron chi connectivity index (χ3n) is 4.49. The lowest BCUT2D eigenvalue weighted by molar-refractivity contribution is -0.128. The predicted octanol–water partition coefficient (Wildman–Crippen LogP) is 3.37. The number of carbonyl (C=O) groups is 1. The minimum Gasteiger partial charge on any atom is -0.497 e. The average molecular weight is 279 g/mol. The van der Waals surface area contributed by atoms with Crippen LogP contribution in [0.1, 0.15) is 24.0 Å². The minimum absolute atomic E-state index is 0.254. The molecule has 0 unspecified atom stereocenters. The van der Waals surface area contributed by atoms with Crippen molar-refractivity contribution in [1.29, 1.82) is 0 Å². The summed E-state index contributed by atoms with van der Waals surface area (Å²) >= 11 is 0. The van der Waals surface area contributed by atoms with Crippen LogP contribution in [-0.2, 0) is 11.2 Å². The van der Waals surface area contributed by atoms with Crippen molar-refractivity contribution >= 4 is 22.4 Å². The van der Waals surface area contributed by atoms with Gasteiger partial charge in [-0.25, -0.2) is 0 Å². The molecule has 3 nitrogen and oxygen atoms in total. The van der Waals surface area contributed by atoms with Gasteiger partial charge in [0.15, 0.2) is 0 Å². The molecule has 1 amide bonds. The molecule has 0 radical (unpaired) electrons. The summed E-state index contributed by atoms with van der Waals surface area (Å²) in [7, 11) is 1.70. The van der Waals surface area contributed by atoms with Crippen molar-refractivity contribution < 1.29 is 9.53 Å². The molecule has 0 atom stereocenters. The first-order chi connectivity index (χ1) is 10.3. The lowest BCUT2D eigenvalue weighted by atomic mass is 9.89. The molecule has 2 heterocycles. The average Bonchev–Trinajstić information content (AvgIpc) is 2.54. The van der Waals surface area contributed by atoms with Crippen LogP contribution < -0.4 is 4.74 Å². The summed E-state index contributed by atoms with van der Waals surface area (Å²) in [4.78, 5) is 14.0. The van der Waals surface area contributed by atoms with E-state index in [0.29, 0.717) is 6.42 Å². The van der Waals surface area contributed by atoms with E-state index in [-0.39, 0.29) is 5.91 Å². The monoisotopic (exact) mass is 279 g/mol. The Morgan fingerprint density at radius 3 is 2.86 bits per heavy atom. The molecule has 21 heavy (non-hydrogen) atoms. The first kappa shape index (κ1) is 12.5. The number of allylic oxidation sites excluding steroid dienone is 1. The third-order valence-corrected chi connectivity index (χ3v) is 4.49. The molecule has 2 aromatic carbocycles. The van der Waals surface area contributed by atoms with Crippen molar-refractivity contribution in [3.63, 3.8) is 0 Å². The van der Waals surface area contributed by atoms with Crippen molar-refractivity contribution in [2.75, 3.05) is 13.7 Å². The van der Waals surface area contributed by atoms with Crippen molar-refractivity contribution in [2.45, 2.75) is 19.3 Å². The van der Waals surface area contributed by atoms with Crippen LogP contribution in [-0.4, -0.2) is 24.5 Å². The fourth-order valence-electron chi connectivity index (χ4n) is 3.43. The summed E-state index contributed by atoms with van der Waals surface area (Å²) < 4.78 is 5.36. The number of benzene rings is 2. The van der Waals surface area contributed by atoms with Crippen LogP contribution >= 0.6 is 0 Å². The molecule has 0 N–H and O–H groups in total. The van der Waals surface area contributed by atoms with E-state index in [9.17, 15) is 4.79 Å². The zero-order valence-electron chi connectivity index (χ0n) is 12.1. The van der Waals surface area contributed by atoms with Crippen LogP contribution in [0.3, 0.4) is 0 Å². The Bertz CT molecular complexity index is 776. The number of fused-ring (bicyclic) bond motifs is 5. The molecule has 0 spiro atoms. The van der Waals surface area contributed by atoms with Crippen molar-refractivity contribution in [2.24, 2.45) is 0 Å². The minimum atomic E-state index is 0.254. The van der Waals surface area contributed by atoms with Gasteiger partial charge in [-0.05, 0) is 41.3 Å². The largest absolute Gasteiger partial charge is 0.497 e. The fourth-order valence-corrected chi connectivity index (χ4v) is 3.43. The SMILES string of the molecule is COc1ccc2ccc3c(c2c1)CCN1C(=O)CCC=C31. The Morgan fingerprint density at radius 1 is 1.14 bits per heavy atom. The molecule has 0 saturated heterocycles. The molecule has 3 heteroatoms. The highest BCUT2D eigenvalue weighted by atomic mass is 16.5. The van der Waals surface area contributed by atoms with Crippen molar-refractivity contribution in [3.8, 4) is 5.75 Å². The van der Waals surface area contributed by atoms with Gasteiger partial charge in [-0.15, -0.1) is 0 Å². The zero-order valence-corrected chi connectivity index (χ0v) is 12.1. The third kappa shape index (κ3) is 1.84. The fraction of sp³-hybridized carbons (Fsp3) is 0.278. The van der Waals surface area contributed by atoms with Crippen LogP contribution in [0.25, 0.3) is 16.5 Å². The quantitative estimate of drug-likeness (QED) is 0.801. The number of ether oxygens (including phenoxy) is 1. The van der Waals surface area contributed by atoms with Gasteiger partial charge in [-0.3, -0.25) is 4.79 Å². The number of hydrogen-bond acceptors (Lipinski definition) is 2. The molecular formula is C18H17NO2. The first-order valence-electron chi connectivity index (χ1n) is 7.38. The zero-order chi connectivity index (χ0) is 14.4. The van der Waals surface area contributed by atoms with Crippen LogP contribution in [0, 0.1) is 0 Å². The van der Waals surface area contributed by atoms with Crippen molar-refractivity contribution in [1.82, 2.24) is 4.90 Å². The summed E-state index contributed by atoms with van der Waals surface area (Å²) in [5.41, 5.74) is 3.64. The highest BCUT2D eigenvalue weighted by Gasteiger charge is 2.28. The van der Waals surface area contributed by atoms with Crippen LogP contribution in [0.2, 0.25) is 0 Å². The van der Waals surface area contributed by atoms with Gasteiger partial charge < -0.3 is 9.64 Å². The van der Waals surface area contributed by atoms with E-state index in [4.69, 9.17) is 4.74 Å². The molecule has 106 valence electrons. The summed E-state index contributed by atoms with van der Waals surface area (Å²) in [6, 6.07) is 10.5. The normalized spacial score (nSPS) is 17.3. The Hall–Kier alpha value is -2.29. The topological polar surface area (TPSA) is 29.5 Å². The standard InChI is InChI=1S/C18H17NO2/c1-21-13-7-5-12-6-8-15-14(16(12)11-13)9-10-19-17(15)3-2-4-18(19)20/h3,5-8,11H,2,4,9-10H2,1H3. The molecule has 0 bridgehead atoms. The second-order valence-electron chi connectivity index (χ2n) is 5.60. The Balaban J connectivity index is 1.95. The molecular weight excluding hydrogens is 262 g/mol. The van der Waals surface area contributed by atoms with Gasteiger partial charge in [-0.2, -0.15) is 0 Å². The highest BCUT2D eigenvalue weighted by molar-refractivity contribution is 5.96. The van der Waals surface area contributed by atoms with E-state index < -0.39 is 0 Å². The predicted molar refractivity (Wildman–Crippen MR) is 83.1 cm³/mol. The van der Waals surface area contributed by atoms with Gasteiger partial charge in [0.2, 0.25) is 5.91 Å². The number of amides is 1. The highest BCUT2D eigenvalue weighted by Crippen LogP contribution is 2.37. The lowest BCUT2D eigenvalue weighted by Crippen LogP contribution is -2.36. The summed E-state index contributed by atoms with van der Waals surface area (Å²) in [6.45, 7) is 0.786. The van der Waals surface area contributed by atoms with Gasteiger partial charge >= 0.3 is 0 Å². The first-order valence-corrected chi connectivity index (χ1v) is 7.38. The maximum Gasteiger partial charge on any atom is 0.227 e. The molecule has 0 fully saturated rings.